The summed E-state index contributed by atoms with van der Waals surface area (Å²) >= 11 is 2.75. The average molecular weight is 294 g/mol. The van der Waals surface area contributed by atoms with Gasteiger partial charge in [-0.05, 0) is 17.5 Å². The summed E-state index contributed by atoms with van der Waals surface area (Å²) < 4.78 is 0. The summed E-state index contributed by atoms with van der Waals surface area (Å²) in [5, 5.41) is 15.3. The van der Waals surface area contributed by atoms with Gasteiger partial charge in [0.05, 0.1) is 6.54 Å². The van der Waals surface area contributed by atoms with Crippen LogP contribution < -0.4 is 5.32 Å². The number of thiophene rings is 1. The molecule has 0 aromatic carbocycles. The third-order valence-corrected chi connectivity index (χ3v) is 3.81. The summed E-state index contributed by atoms with van der Waals surface area (Å²) in [7, 11) is 0. The molecule has 2 heterocycles. The van der Waals surface area contributed by atoms with E-state index >= 15 is 0 Å². The van der Waals surface area contributed by atoms with Crippen LogP contribution in [0.5, 0.6) is 0 Å². The van der Waals surface area contributed by atoms with Crippen LogP contribution in [0.1, 0.15) is 20.4 Å². The molecule has 0 atom stereocenters. The second-order valence-corrected chi connectivity index (χ2v) is 5.42. The molecule has 0 fully saturated rings. The largest absolute Gasteiger partial charge is 0.476 e. The van der Waals surface area contributed by atoms with E-state index in [0.29, 0.717) is 5.01 Å². The molecule has 7 heteroatoms. The molecule has 98 valence electrons. The fraction of sp³-hybridized carbons (Fsp3) is 0.0833. The van der Waals surface area contributed by atoms with Crippen molar-refractivity contribution in [1.82, 2.24) is 10.3 Å². The lowest BCUT2D eigenvalue weighted by Gasteiger charge is -1.97. The van der Waals surface area contributed by atoms with Gasteiger partial charge in [0.1, 0.15) is 5.01 Å². The summed E-state index contributed by atoms with van der Waals surface area (Å²) in [5.41, 5.74) is 0.00313. The molecule has 2 aromatic heterocycles. The number of carbonyl (C=O) groups is 2. The van der Waals surface area contributed by atoms with Gasteiger partial charge in [-0.2, -0.15) is 0 Å². The lowest BCUT2D eigenvalue weighted by Crippen LogP contribution is -2.20. The van der Waals surface area contributed by atoms with Crippen LogP contribution in [0.3, 0.4) is 0 Å². The highest BCUT2D eigenvalue weighted by Crippen LogP contribution is 2.11. The topological polar surface area (TPSA) is 79.3 Å². The van der Waals surface area contributed by atoms with E-state index in [-0.39, 0.29) is 18.1 Å². The van der Waals surface area contributed by atoms with Crippen molar-refractivity contribution in [1.29, 1.82) is 0 Å². The van der Waals surface area contributed by atoms with Crippen LogP contribution in [0.2, 0.25) is 0 Å². The predicted octanol–water partition coefficient (Wildman–Crippen LogP) is 2.23. The van der Waals surface area contributed by atoms with Gasteiger partial charge in [-0.1, -0.05) is 6.07 Å². The fourth-order valence-electron chi connectivity index (χ4n) is 1.26. The number of aromatic carboxylic acids is 1. The quantitative estimate of drug-likeness (QED) is 0.829. The van der Waals surface area contributed by atoms with Crippen molar-refractivity contribution in [3.05, 3.63) is 44.5 Å². The molecule has 0 aliphatic heterocycles. The van der Waals surface area contributed by atoms with Crippen molar-refractivity contribution in [3.63, 3.8) is 0 Å². The summed E-state index contributed by atoms with van der Waals surface area (Å²) in [6, 6.07) is 3.82. The molecule has 0 aliphatic rings. The second-order valence-electron chi connectivity index (χ2n) is 3.50. The molecule has 0 unspecified atom stereocenters. The van der Waals surface area contributed by atoms with E-state index in [9.17, 15) is 9.59 Å². The Labute approximate surface area is 117 Å². The van der Waals surface area contributed by atoms with E-state index in [4.69, 9.17) is 5.11 Å². The minimum atomic E-state index is -1.06. The molecular weight excluding hydrogens is 284 g/mol. The van der Waals surface area contributed by atoms with Gasteiger partial charge in [0, 0.05) is 16.3 Å². The number of carbonyl (C=O) groups excluding carboxylic acids is 1. The highest BCUT2D eigenvalue weighted by Gasteiger charge is 2.08. The number of carboxylic acid groups (broad SMARTS) is 1. The predicted molar refractivity (Wildman–Crippen MR) is 74.3 cm³/mol. The maximum atomic E-state index is 11.5. The van der Waals surface area contributed by atoms with Gasteiger partial charge in [-0.3, -0.25) is 4.79 Å². The van der Waals surface area contributed by atoms with Crippen molar-refractivity contribution in [2.75, 3.05) is 0 Å². The van der Waals surface area contributed by atoms with Crippen LogP contribution >= 0.6 is 22.7 Å². The van der Waals surface area contributed by atoms with E-state index in [1.165, 1.54) is 22.8 Å². The first-order chi connectivity index (χ1) is 9.15. The van der Waals surface area contributed by atoms with Crippen molar-refractivity contribution < 1.29 is 14.7 Å². The Hall–Kier alpha value is -1.99. The maximum absolute atomic E-state index is 11.5. The molecule has 19 heavy (non-hydrogen) atoms. The Morgan fingerprint density at radius 1 is 1.42 bits per heavy atom. The van der Waals surface area contributed by atoms with Gasteiger partial charge in [0.15, 0.2) is 5.69 Å². The molecular formula is C12H10N2O3S2. The number of amides is 1. The molecule has 0 aliphatic carbocycles. The molecule has 2 aromatic rings. The highest BCUT2D eigenvalue weighted by atomic mass is 32.1. The van der Waals surface area contributed by atoms with Gasteiger partial charge in [-0.15, -0.1) is 22.7 Å². The molecule has 0 saturated carbocycles. The Morgan fingerprint density at radius 3 is 2.89 bits per heavy atom. The molecule has 5 nitrogen and oxygen atoms in total. The fourth-order valence-corrected chi connectivity index (χ4v) is 2.58. The van der Waals surface area contributed by atoms with E-state index in [1.807, 2.05) is 17.5 Å². The minimum absolute atomic E-state index is 0.00313. The van der Waals surface area contributed by atoms with Crippen LogP contribution in [0.25, 0.3) is 6.08 Å². The SMILES string of the molecule is O=C(C=Cc1cccs1)NCc1nc(C(=O)O)cs1. The van der Waals surface area contributed by atoms with Crippen LogP contribution in [0.15, 0.2) is 29.0 Å². The van der Waals surface area contributed by atoms with Crippen molar-refractivity contribution in [2.24, 2.45) is 0 Å². The third-order valence-electron chi connectivity index (χ3n) is 2.13. The smallest absolute Gasteiger partial charge is 0.355 e. The Balaban J connectivity index is 1.84. The number of thiazole rings is 1. The first-order valence-electron chi connectivity index (χ1n) is 5.32. The zero-order valence-corrected chi connectivity index (χ0v) is 11.3. The van der Waals surface area contributed by atoms with Crippen molar-refractivity contribution >= 4 is 40.6 Å². The first-order valence-corrected chi connectivity index (χ1v) is 7.08. The van der Waals surface area contributed by atoms with Crippen LogP contribution in [-0.2, 0) is 11.3 Å². The van der Waals surface area contributed by atoms with E-state index in [2.05, 4.69) is 10.3 Å². The highest BCUT2D eigenvalue weighted by molar-refractivity contribution is 7.10. The number of nitrogens with one attached hydrogen (secondary N) is 1. The molecule has 2 N–H and O–H groups in total. The van der Waals surface area contributed by atoms with Gasteiger partial charge < -0.3 is 10.4 Å². The standard InChI is InChI=1S/C12H10N2O3S2/c15-10(4-3-8-2-1-5-18-8)13-6-11-14-9(7-19-11)12(16)17/h1-5,7H,6H2,(H,13,15)(H,16,17). The Bertz CT molecular complexity index is 602. The maximum Gasteiger partial charge on any atom is 0.355 e. The molecule has 0 radical (unpaired) electrons. The van der Waals surface area contributed by atoms with Crippen LogP contribution in [-0.4, -0.2) is 22.0 Å². The minimum Gasteiger partial charge on any atom is -0.476 e. The van der Waals surface area contributed by atoms with Gasteiger partial charge in [0.25, 0.3) is 0 Å². The summed E-state index contributed by atoms with van der Waals surface area (Å²) in [6.45, 7) is 0.228. The van der Waals surface area contributed by atoms with Gasteiger partial charge >= 0.3 is 5.97 Å². The molecule has 0 saturated heterocycles. The number of rotatable bonds is 5. The number of aromatic nitrogens is 1. The monoisotopic (exact) mass is 294 g/mol. The molecule has 1 amide bonds. The lowest BCUT2D eigenvalue weighted by molar-refractivity contribution is -0.116. The summed E-state index contributed by atoms with van der Waals surface area (Å²) in [6.07, 6.45) is 3.17. The number of hydrogen-bond acceptors (Lipinski definition) is 5. The Morgan fingerprint density at radius 2 is 2.26 bits per heavy atom. The summed E-state index contributed by atoms with van der Waals surface area (Å²) in [4.78, 5) is 27.0. The third kappa shape index (κ3) is 4.01. The molecule has 0 bridgehead atoms. The molecule has 0 spiro atoms. The van der Waals surface area contributed by atoms with Gasteiger partial charge in [0.2, 0.25) is 5.91 Å². The lowest BCUT2D eigenvalue weighted by atomic mass is 10.4. The van der Waals surface area contributed by atoms with Gasteiger partial charge in [-0.25, -0.2) is 9.78 Å². The van der Waals surface area contributed by atoms with E-state index in [0.717, 1.165) is 4.88 Å². The van der Waals surface area contributed by atoms with Crippen LogP contribution in [0.4, 0.5) is 0 Å². The second kappa shape index (κ2) is 6.26. The summed E-state index contributed by atoms with van der Waals surface area (Å²) in [5.74, 6) is -1.30. The van der Waals surface area contributed by atoms with Crippen molar-refractivity contribution in [3.8, 4) is 0 Å². The normalized spacial score (nSPS) is 10.7. The zero-order chi connectivity index (χ0) is 13.7. The Kier molecular flexibility index (Phi) is 4.43. The zero-order valence-electron chi connectivity index (χ0n) is 9.70. The number of carboxylic acids is 1. The van der Waals surface area contributed by atoms with E-state index in [1.54, 1.807) is 17.4 Å². The van der Waals surface area contributed by atoms with Crippen LogP contribution in [0, 0.1) is 0 Å². The first kappa shape index (κ1) is 13.4. The van der Waals surface area contributed by atoms with E-state index < -0.39 is 5.97 Å². The average Bonchev–Trinajstić information content (AvgIpc) is 3.05. The molecule has 2 rings (SSSR count). The number of hydrogen-bond donors (Lipinski definition) is 2. The van der Waals surface area contributed by atoms with Crippen molar-refractivity contribution in [2.45, 2.75) is 6.54 Å². The number of nitrogens with zero attached hydrogens (tertiary/aromatic N) is 1.